The van der Waals surface area contributed by atoms with Crippen LogP contribution in [-0.2, 0) is 15.7 Å². The van der Waals surface area contributed by atoms with Crippen molar-refractivity contribution in [3.63, 3.8) is 0 Å². The number of amides is 2. The number of carbonyl (C=O) groups excluding carboxylic acids is 2. The van der Waals surface area contributed by atoms with Crippen LogP contribution in [0.25, 0.3) is 10.9 Å². The van der Waals surface area contributed by atoms with Gasteiger partial charge in [-0.2, -0.15) is 13.2 Å². The van der Waals surface area contributed by atoms with Crippen molar-refractivity contribution in [2.75, 3.05) is 19.7 Å². The summed E-state index contributed by atoms with van der Waals surface area (Å²) in [5.74, 6) is 0.0911. The van der Waals surface area contributed by atoms with Crippen LogP contribution in [-0.4, -0.2) is 41.6 Å². The predicted molar refractivity (Wildman–Crippen MR) is 133 cm³/mol. The number of ether oxygens (including phenoxy) is 1. The Morgan fingerprint density at radius 3 is 2.47 bits per heavy atom. The van der Waals surface area contributed by atoms with Gasteiger partial charge in [-0.15, -0.1) is 0 Å². The molecule has 1 fully saturated rings. The number of carbonyl (C=O) groups is 2. The first-order valence-electron chi connectivity index (χ1n) is 12.0. The van der Waals surface area contributed by atoms with Gasteiger partial charge >= 0.3 is 18.2 Å². The number of hydrogen-bond donors (Lipinski definition) is 2. The average Bonchev–Trinajstić information content (AvgIpc) is 3.29. The van der Waals surface area contributed by atoms with Crippen molar-refractivity contribution in [2.24, 2.45) is 5.73 Å². The summed E-state index contributed by atoms with van der Waals surface area (Å²) in [6.45, 7) is 5.31. The molecule has 3 N–H and O–H groups in total. The van der Waals surface area contributed by atoms with E-state index in [-0.39, 0.29) is 17.8 Å². The van der Waals surface area contributed by atoms with Crippen molar-refractivity contribution >= 4 is 22.9 Å². The first kappa shape index (κ1) is 27.1. The summed E-state index contributed by atoms with van der Waals surface area (Å²) < 4.78 is 42.9. The molecule has 0 bridgehead atoms. The fourth-order valence-electron chi connectivity index (χ4n) is 4.48. The van der Waals surface area contributed by atoms with Crippen LogP contribution < -0.4 is 5.73 Å². The van der Waals surface area contributed by atoms with Crippen LogP contribution in [0.4, 0.5) is 18.0 Å². The number of H-pyrrole nitrogens is 1. The summed E-state index contributed by atoms with van der Waals surface area (Å²) in [6.07, 6.45) is -0.622. The number of benzene rings is 2. The molecule has 0 aliphatic carbocycles. The number of aromatic amines is 1. The van der Waals surface area contributed by atoms with Crippen LogP contribution in [0.2, 0.25) is 0 Å². The normalized spacial score (nSPS) is 15.2. The van der Waals surface area contributed by atoms with Crippen LogP contribution in [0.1, 0.15) is 61.6 Å². The summed E-state index contributed by atoms with van der Waals surface area (Å²) in [7, 11) is 0. The smallest absolute Gasteiger partial charge is 0.416 e. The van der Waals surface area contributed by atoms with Crippen molar-refractivity contribution < 1.29 is 27.5 Å². The molecule has 0 spiro atoms. The van der Waals surface area contributed by atoms with Crippen LogP contribution in [0.3, 0.4) is 0 Å². The molecule has 2 aromatic carbocycles. The van der Waals surface area contributed by atoms with E-state index in [1.165, 1.54) is 28.0 Å². The lowest BCUT2D eigenvalue weighted by Crippen LogP contribution is -2.41. The molecular formula is C27H32F3N3O3. The second-order valence-corrected chi connectivity index (χ2v) is 8.92. The number of likely N-dealkylation sites (tertiary alicyclic amines) is 1. The topological polar surface area (TPSA) is 88.4 Å². The second kappa shape index (κ2) is 12.0. The quantitative estimate of drug-likeness (QED) is 0.407. The van der Waals surface area contributed by atoms with E-state index < -0.39 is 17.8 Å². The molecule has 0 radical (unpaired) electrons. The van der Waals surface area contributed by atoms with E-state index in [2.05, 4.69) is 11.1 Å². The maximum absolute atomic E-state index is 12.6. The zero-order valence-electron chi connectivity index (χ0n) is 20.5. The third kappa shape index (κ3) is 7.02. The highest BCUT2D eigenvalue weighted by molar-refractivity contribution is 5.84. The Morgan fingerprint density at radius 2 is 1.83 bits per heavy atom. The molecule has 1 aromatic heterocycles. The number of halogens is 3. The van der Waals surface area contributed by atoms with Crippen molar-refractivity contribution in [2.45, 2.75) is 51.1 Å². The molecule has 2 amide bonds. The van der Waals surface area contributed by atoms with E-state index in [1.54, 1.807) is 6.07 Å². The molecule has 1 unspecified atom stereocenters. The molecule has 3 aromatic rings. The van der Waals surface area contributed by atoms with E-state index in [4.69, 9.17) is 10.5 Å². The first-order valence-corrected chi connectivity index (χ1v) is 12.0. The van der Waals surface area contributed by atoms with Gasteiger partial charge in [-0.1, -0.05) is 43.3 Å². The van der Waals surface area contributed by atoms with Gasteiger partial charge in [0.05, 0.1) is 18.6 Å². The number of primary amides is 1. The number of aromatic nitrogens is 1. The molecule has 0 saturated carbocycles. The lowest BCUT2D eigenvalue weighted by molar-refractivity contribution is -0.143. The van der Waals surface area contributed by atoms with Crippen LogP contribution in [0.5, 0.6) is 0 Å². The maximum atomic E-state index is 12.6. The van der Waals surface area contributed by atoms with E-state index in [9.17, 15) is 22.8 Å². The largest absolute Gasteiger partial charge is 0.466 e. The third-order valence-corrected chi connectivity index (χ3v) is 6.42. The summed E-state index contributed by atoms with van der Waals surface area (Å²) >= 11 is 0. The average molecular weight is 504 g/mol. The van der Waals surface area contributed by atoms with E-state index in [1.807, 2.05) is 38.2 Å². The molecule has 1 aliphatic heterocycles. The zero-order valence-corrected chi connectivity index (χ0v) is 20.5. The highest BCUT2D eigenvalue weighted by atomic mass is 19.4. The molecule has 1 aliphatic rings. The molecule has 36 heavy (non-hydrogen) atoms. The standard InChI is InChI=1S/C14H17NO2.C13H15F3N2O/c1-3-17-14(16)8-10(2)12-9-15-13-7-5-4-6-11(12)13;14-13(15,16)11-3-1-2-10(8-11)9-4-6-18(7-5-9)12(17)19/h4-7,9-10,15H,3,8H2,1-2H3;1-3,8-9H,4-7H2,(H2,17,19). The number of nitrogens with two attached hydrogens (primary N) is 1. The summed E-state index contributed by atoms with van der Waals surface area (Å²) in [4.78, 5) is 27.2. The van der Waals surface area contributed by atoms with Crippen LogP contribution in [0, 0.1) is 0 Å². The Morgan fingerprint density at radius 1 is 1.14 bits per heavy atom. The van der Waals surface area contributed by atoms with Gasteiger partial charge in [-0.3, -0.25) is 4.79 Å². The van der Waals surface area contributed by atoms with Gasteiger partial charge in [0.2, 0.25) is 0 Å². The van der Waals surface area contributed by atoms with E-state index in [0.717, 1.165) is 11.6 Å². The Labute approximate surface area is 208 Å². The summed E-state index contributed by atoms with van der Waals surface area (Å²) in [5, 5.41) is 1.18. The number of piperidine rings is 1. The molecule has 4 rings (SSSR count). The fraction of sp³-hybridized carbons (Fsp3) is 0.407. The summed E-state index contributed by atoms with van der Waals surface area (Å²) in [5.41, 5.74) is 7.51. The van der Waals surface area contributed by atoms with E-state index in [0.29, 0.717) is 44.5 Å². The van der Waals surface area contributed by atoms with Crippen molar-refractivity contribution in [3.05, 3.63) is 71.4 Å². The number of para-hydroxylation sites is 1. The highest BCUT2D eigenvalue weighted by Gasteiger charge is 2.31. The number of fused-ring (bicyclic) bond motifs is 1. The first-order chi connectivity index (χ1) is 17.1. The number of nitrogens with one attached hydrogen (secondary N) is 1. The Kier molecular flexibility index (Phi) is 9.01. The highest BCUT2D eigenvalue weighted by Crippen LogP contribution is 2.34. The van der Waals surface area contributed by atoms with Gasteiger partial charge in [0, 0.05) is 30.2 Å². The summed E-state index contributed by atoms with van der Waals surface area (Å²) in [6, 6.07) is 13.1. The van der Waals surface area contributed by atoms with Gasteiger partial charge < -0.3 is 20.4 Å². The van der Waals surface area contributed by atoms with E-state index >= 15 is 0 Å². The molecular weight excluding hydrogens is 471 g/mol. The Hall–Kier alpha value is -3.49. The van der Waals surface area contributed by atoms with Gasteiger partial charge in [-0.25, -0.2) is 4.79 Å². The SMILES string of the molecule is CCOC(=O)CC(C)c1c[nH]c2ccccc12.NC(=O)N1CCC(c2cccc(C(F)(F)F)c2)CC1. The van der Waals surface area contributed by atoms with Crippen LogP contribution in [0.15, 0.2) is 54.7 Å². The molecule has 9 heteroatoms. The minimum absolute atomic E-state index is 0.0536. The zero-order chi connectivity index (χ0) is 26.3. The number of rotatable bonds is 5. The number of alkyl halides is 3. The third-order valence-electron chi connectivity index (χ3n) is 6.42. The fourth-order valence-corrected chi connectivity index (χ4v) is 4.48. The van der Waals surface area contributed by atoms with Crippen molar-refractivity contribution in [3.8, 4) is 0 Å². The molecule has 6 nitrogen and oxygen atoms in total. The second-order valence-electron chi connectivity index (χ2n) is 8.92. The minimum atomic E-state index is -4.32. The number of nitrogens with zero attached hydrogens (tertiary/aromatic N) is 1. The molecule has 1 saturated heterocycles. The van der Waals surface area contributed by atoms with Gasteiger partial charge in [0.15, 0.2) is 0 Å². The Balaban J connectivity index is 0.000000202. The monoisotopic (exact) mass is 503 g/mol. The van der Waals surface area contributed by atoms with Crippen molar-refractivity contribution in [1.82, 2.24) is 9.88 Å². The Bertz CT molecular complexity index is 1170. The van der Waals surface area contributed by atoms with Gasteiger partial charge in [0.1, 0.15) is 0 Å². The maximum Gasteiger partial charge on any atom is 0.416 e. The number of hydrogen-bond acceptors (Lipinski definition) is 3. The van der Waals surface area contributed by atoms with Crippen LogP contribution >= 0.6 is 0 Å². The number of esters is 1. The van der Waals surface area contributed by atoms with Gasteiger partial charge in [-0.05, 0) is 54.9 Å². The molecule has 2 heterocycles. The van der Waals surface area contributed by atoms with Crippen molar-refractivity contribution in [1.29, 1.82) is 0 Å². The molecule has 194 valence electrons. The lowest BCUT2D eigenvalue weighted by Gasteiger charge is -2.31. The lowest BCUT2D eigenvalue weighted by atomic mass is 9.88. The number of urea groups is 1. The predicted octanol–water partition coefficient (Wildman–Crippen LogP) is 6.19. The van der Waals surface area contributed by atoms with Gasteiger partial charge in [0.25, 0.3) is 0 Å². The minimum Gasteiger partial charge on any atom is -0.466 e. The molecule has 1 atom stereocenters.